The largest absolute Gasteiger partial charge is 0.509 e. The van der Waals surface area contributed by atoms with E-state index in [1.165, 1.54) is 0 Å². The van der Waals surface area contributed by atoms with E-state index in [4.69, 9.17) is 14.6 Å². The molecule has 1 heterocycles. The number of aliphatic hydroxyl groups is 1. The molecule has 1 fully saturated rings. The Hall–Kier alpha value is -1.57. The molecule has 0 saturated carbocycles. The lowest BCUT2D eigenvalue weighted by Crippen LogP contribution is -2.26. The second-order valence-electron chi connectivity index (χ2n) is 3.65. The van der Waals surface area contributed by atoms with Crippen molar-refractivity contribution in [3.8, 4) is 0 Å². The van der Waals surface area contributed by atoms with Crippen molar-refractivity contribution in [1.29, 1.82) is 0 Å². The van der Waals surface area contributed by atoms with Crippen molar-refractivity contribution >= 4 is 6.16 Å². The molecule has 1 rings (SSSR count). The highest BCUT2D eigenvalue weighted by molar-refractivity contribution is 5.62. The first-order chi connectivity index (χ1) is 9.13. The molecule has 1 N–H and O–H groups in total. The van der Waals surface area contributed by atoms with Crippen molar-refractivity contribution in [1.82, 2.24) is 0 Å². The zero-order chi connectivity index (χ0) is 14.7. The van der Waals surface area contributed by atoms with Crippen LogP contribution in [-0.2, 0) is 14.3 Å². The van der Waals surface area contributed by atoms with Crippen molar-refractivity contribution in [2.24, 2.45) is 0 Å². The van der Waals surface area contributed by atoms with Crippen molar-refractivity contribution < 1.29 is 29.3 Å². The van der Waals surface area contributed by atoms with Gasteiger partial charge in [-0.25, -0.2) is 4.79 Å². The predicted octanol–water partition coefficient (Wildman–Crippen LogP) is 1.68. The minimum Gasteiger partial charge on any atom is -0.427 e. The summed E-state index contributed by atoms with van der Waals surface area (Å²) in [5.41, 5.74) is 0. The van der Waals surface area contributed by atoms with E-state index in [1.807, 2.05) is 13.8 Å². The Morgan fingerprint density at radius 3 is 2.47 bits per heavy atom. The summed E-state index contributed by atoms with van der Waals surface area (Å²) in [6.07, 6.45) is 0.785. The first-order valence-corrected chi connectivity index (χ1v) is 6.39. The lowest BCUT2D eigenvalue weighted by molar-refractivity contribution is -0.757. The average Bonchev–Trinajstić information content (AvgIpc) is 2.76. The molecular weight excluding hydrogens is 258 g/mol. The molecule has 8 nitrogen and oxygen atoms in total. The highest BCUT2D eigenvalue weighted by Gasteiger charge is 2.35. The topological polar surface area (TPSA) is 108 Å². The molecule has 1 aliphatic heterocycles. The minimum absolute atomic E-state index is 0.0668. The Morgan fingerprint density at radius 2 is 1.89 bits per heavy atom. The number of hydrogen-bond donors (Lipinski definition) is 1. The molecule has 2 unspecified atom stereocenters. The van der Waals surface area contributed by atoms with E-state index in [0.717, 1.165) is 12.8 Å². The van der Waals surface area contributed by atoms with Gasteiger partial charge >= 0.3 is 6.16 Å². The van der Waals surface area contributed by atoms with Crippen LogP contribution in [0.3, 0.4) is 0 Å². The zero-order valence-corrected chi connectivity index (χ0v) is 11.2. The molecule has 112 valence electrons. The molecule has 0 spiro atoms. The monoisotopic (exact) mass is 279 g/mol. The number of cyclic esters (lactones) is 2. The maximum absolute atomic E-state index is 10.8. The van der Waals surface area contributed by atoms with Crippen molar-refractivity contribution in [2.45, 2.75) is 51.7 Å². The smallest absolute Gasteiger partial charge is 0.427 e. The number of carbonyl (C=O) groups is 1. The summed E-state index contributed by atoms with van der Waals surface area (Å²) in [6.45, 7) is 3.80. The summed E-state index contributed by atoms with van der Waals surface area (Å²) in [6, 6.07) is 0. The van der Waals surface area contributed by atoms with E-state index in [1.54, 1.807) is 0 Å². The Kier molecular flexibility index (Phi) is 9.51. The number of nitrogens with zero attached hydrogens (tertiary/aromatic N) is 1. The molecular formula is C11H21NO7. The molecule has 0 aliphatic carbocycles. The standard InChI is InChI=1S/C9H15NO7.C2H6/c11-6-8-7(16-9(12)17-8)4-2-1-3-5-15-10(13)14;1-2/h7-8,11H,1-6H2;1-2H3. The minimum atomic E-state index is -0.825. The zero-order valence-electron chi connectivity index (χ0n) is 11.2. The third kappa shape index (κ3) is 7.45. The predicted molar refractivity (Wildman–Crippen MR) is 65.0 cm³/mol. The highest BCUT2D eigenvalue weighted by atomic mass is 16.9. The van der Waals surface area contributed by atoms with Gasteiger partial charge in [-0.15, -0.1) is 10.1 Å². The number of ether oxygens (including phenoxy) is 2. The fourth-order valence-electron chi connectivity index (χ4n) is 1.59. The van der Waals surface area contributed by atoms with Crippen LogP contribution in [0.25, 0.3) is 0 Å². The van der Waals surface area contributed by atoms with E-state index in [-0.39, 0.29) is 13.2 Å². The Bertz CT molecular complexity index is 272. The SMILES string of the molecule is CC.O=C1OC(CO)C(CCCCCO[N+](=O)[O-])O1. The molecule has 2 atom stereocenters. The van der Waals surface area contributed by atoms with Crippen LogP contribution < -0.4 is 0 Å². The van der Waals surface area contributed by atoms with Gasteiger partial charge in [0.25, 0.3) is 5.09 Å². The fraction of sp³-hybridized carbons (Fsp3) is 0.909. The number of unbranched alkanes of at least 4 members (excludes halogenated alkanes) is 2. The van der Waals surface area contributed by atoms with Crippen LogP contribution in [0.2, 0.25) is 0 Å². The third-order valence-corrected chi connectivity index (χ3v) is 2.42. The van der Waals surface area contributed by atoms with Crippen molar-refractivity contribution in [3.63, 3.8) is 0 Å². The average molecular weight is 279 g/mol. The lowest BCUT2D eigenvalue weighted by Gasteiger charge is -2.12. The first-order valence-electron chi connectivity index (χ1n) is 6.39. The van der Waals surface area contributed by atoms with Crippen molar-refractivity contribution in [3.05, 3.63) is 10.1 Å². The second kappa shape index (κ2) is 10.4. The van der Waals surface area contributed by atoms with E-state index in [9.17, 15) is 14.9 Å². The van der Waals surface area contributed by atoms with Gasteiger partial charge in [0.15, 0.2) is 6.10 Å². The van der Waals surface area contributed by atoms with Gasteiger partial charge in [-0.3, -0.25) is 0 Å². The Morgan fingerprint density at radius 1 is 1.26 bits per heavy atom. The maximum Gasteiger partial charge on any atom is 0.509 e. The fourth-order valence-corrected chi connectivity index (χ4v) is 1.59. The Labute approximate surface area is 111 Å². The summed E-state index contributed by atoms with van der Waals surface area (Å²) in [5, 5.41) is 17.9. The van der Waals surface area contributed by atoms with Crippen molar-refractivity contribution in [2.75, 3.05) is 13.2 Å². The molecule has 8 heteroatoms. The molecule has 0 aromatic heterocycles. The molecule has 1 saturated heterocycles. The van der Waals surface area contributed by atoms with Crippen LogP contribution in [0.5, 0.6) is 0 Å². The highest BCUT2D eigenvalue weighted by Crippen LogP contribution is 2.20. The van der Waals surface area contributed by atoms with Crippen LogP contribution in [0.15, 0.2) is 0 Å². The van der Waals surface area contributed by atoms with Gasteiger partial charge in [0.2, 0.25) is 0 Å². The van der Waals surface area contributed by atoms with Gasteiger partial charge in [0.1, 0.15) is 6.10 Å². The number of hydrogen-bond acceptors (Lipinski definition) is 7. The summed E-state index contributed by atoms with van der Waals surface area (Å²) in [4.78, 5) is 24.8. The van der Waals surface area contributed by atoms with E-state index < -0.39 is 23.4 Å². The van der Waals surface area contributed by atoms with Gasteiger partial charge in [-0.05, 0) is 19.3 Å². The van der Waals surface area contributed by atoms with Gasteiger partial charge < -0.3 is 19.4 Å². The molecule has 19 heavy (non-hydrogen) atoms. The van der Waals surface area contributed by atoms with E-state index >= 15 is 0 Å². The molecule has 0 amide bonds. The number of aliphatic hydroxyl groups excluding tert-OH is 1. The van der Waals surface area contributed by atoms with Crippen LogP contribution in [0.1, 0.15) is 39.5 Å². The molecule has 0 radical (unpaired) electrons. The normalized spacial score (nSPS) is 20.9. The molecule has 0 aromatic rings. The lowest BCUT2D eigenvalue weighted by atomic mass is 10.1. The quantitative estimate of drug-likeness (QED) is 0.311. The van der Waals surface area contributed by atoms with E-state index in [2.05, 4.69) is 4.84 Å². The number of carbonyl (C=O) groups excluding carboxylic acids is 1. The molecule has 0 bridgehead atoms. The van der Waals surface area contributed by atoms with Gasteiger partial charge in [0.05, 0.1) is 13.2 Å². The summed E-state index contributed by atoms with van der Waals surface area (Å²) >= 11 is 0. The summed E-state index contributed by atoms with van der Waals surface area (Å²) < 4.78 is 9.56. The molecule has 1 aliphatic rings. The van der Waals surface area contributed by atoms with Gasteiger partial charge in [0, 0.05) is 0 Å². The van der Waals surface area contributed by atoms with E-state index in [0.29, 0.717) is 12.8 Å². The van der Waals surface area contributed by atoms with Gasteiger partial charge in [-0.1, -0.05) is 20.3 Å². The van der Waals surface area contributed by atoms with Gasteiger partial charge in [-0.2, -0.15) is 0 Å². The summed E-state index contributed by atoms with van der Waals surface area (Å²) in [5.74, 6) is 0. The first kappa shape index (κ1) is 17.4. The maximum atomic E-state index is 10.8. The Balaban J connectivity index is 0.00000154. The molecule has 0 aromatic carbocycles. The second-order valence-corrected chi connectivity index (χ2v) is 3.65. The van der Waals surface area contributed by atoms with Crippen LogP contribution in [-0.4, -0.2) is 41.8 Å². The third-order valence-electron chi connectivity index (χ3n) is 2.42. The van der Waals surface area contributed by atoms with Crippen LogP contribution in [0.4, 0.5) is 4.79 Å². The number of rotatable bonds is 8. The van der Waals surface area contributed by atoms with Crippen LogP contribution >= 0.6 is 0 Å². The van der Waals surface area contributed by atoms with Crippen LogP contribution in [0, 0.1) is 10.1 Å². The summed E-state index contributed by atoms with van der Waals surface area (Å²) in [7, 11) is 0.